The molecule has 0 radical (unpaired) electrons. The molecule has 0 aliphatic carbocycles. The number of benzene rings is 1. The number of carboxylic acid groups (broad SMARTS) is 1. The molecule has 0 aromatic heterocycles. The van der Waals surface area contributed by atoms with Crippen molar-refractivity contribution in [2.75, 3.05) is 6.54 Å². The number of piperidine rings is 1. The van der Waals surface area contributed by atoms with Crippen LogP contribution in [0.25, 0.3) is 0 Å². The van der Waals surface area contributed by atoms with Crippen LogP contribution >= 0.6 is 11.6 Å². The Labute approximate surface area is 110 Å². The summed E-state index contributed by atoms with van der Waals surface area (Å²) in [6.45, 7) is 1.01. The van der Waals surface area contributed by atoms with Gasteiger partial charge in [0.05, 0.1) is 5.92 Å². The minimum atomic E-state index is -0.880. The molecule has 1 aromatic rings. The van der Waals surface area contributed by atoms with Gasteiger partial charge in [0.2, 0.25) is 5.91 Å². The van der Waals surface area contributed by atoms with Crippen LogP contribution < -0.4 is 0 Å². The first-order chi connectivity index (χ1) is 8.56. The number of carboxylic acids is 1. The zero-order valence-electron chi connectivity index (χ0n) is 9.80. The summed E-state index contributed by atoms with van der Waals surface area (Å²) >= 11 is 5.79. The Morgan fingerprint density at radius 1 is 1.39 bits per heavy atom. The van der Waals surface area contributed by atoms with Gasteiger partial charge in [-0.1, -0.05) is 23.7 Å². The normalized spacial score (nSPS) is 19.9. The molecule has 1 saturated heterocycles. The zero-order valence-corrected chi connectivity index (χ0v) is 10.6. The van der Waals surface area contributed by atoms with Crippen molar-refractivity contribution in [2.45, 2.75) is 19.4 Å². The summed E-state index contributed by atoms with van der Waals surface area (Å²) in [5, 5.41) is 9.54. The molecule has 1 aromatic carbocycles. The summed E-state index contributed by atoms with van der Waals surface area (Å²) in [6, 6.07) is 7.31. The van der Waals surface area contributed by atoms with Gasteiger partial charge >= 0.3 is 5.97 Å². The van der Waals surface area contributed by atoms with Crippen LogP contribution in [-0.2, 0) is 16.1 Å². The molecule has 18 heavy (non-hydrogen) atoms. The van der Waals surface area contributed by atoms with Gasteiger partial charge in [0.25, 0.3) is 0 Å². The van der Waals surface area contributed by atoms with Gasteiger partial charge in [-0.25, -0.2) is 0 Å². The lowest BCUT2D eigenvalue weighted by Crippen LogP contribution is -2.40. The number of likely N-dealkylation sites (tertiary alicyclic amines) is 1. The van der Waals surface area contributed by atoms with Crippen molar-refractivity contribution in [3.63, 3.8) is 0 Å². The van der Waals surface area contributed by atoms with E-state index in [0.29, 0.717) is 24.5 Å². The van der Waals surface area contributed by atoms with Gasteiger partial charge in [-0.05, 0) is 24.1 Å². The van der Waals surface area contributed by atoms with E-state index in [9.17, 15) is 9.59 Å². The van der Waals surface area contributed by atoms with Crippen molar-refractivity contribution in [2.24, 2.45) is 5.92 Å². The van der Waals surface area contributed by atoms with Crippen molar-refractivity contribution < 1.29 is 14.7 Å². The predicted molar refractivity (Wildman–Crippen MR) is 67.2 cm³/mol. The number of carbonyl (C=O) groups is 2. The van der Waals surface area contributed by atoms with E-state index in [1.807, 2.05) is 12.1 Å². The number of hydrogen-bond donors (Lipinski definition) is 1. The largest absolute Gasteiger partial charge is 0.481 e. The second-order valence-electron chi connectivity index (χ2n) is 4.47. The van der Waals surface area contributed by atoms with Crippen LogP contribution in [0.3, 0.4) is 0 Å². The average molecular weight is 268 g/mol. The van der Waals surface area contributed by atoms with E-state index in [-0.39, 0.29) is 12.3 Å². The first kappa shape index (κ1) is 12.9. The molecular formula is C13H14ClNO3. The Balaban J connectivity index is 1.97. The van der Waals surface area contributed by atoms with Crippen LogP contribution in [0.1, 0.15) is 18.4 Å². The maximum absolute atomic E-state index is 11.8. The number of amides is 1. The molecule has 1 atom stereocenters. The van der Waals surface area contributed by atoms with Gasteiger partial charge in [-0.2, -0.15) is 0 Å². The van der Waals surface area contributed by atoms with Gasteiger partial charge in [-0.15, -0.1) is 0 Å². The summed E-state index contributed by atoms with van der Waals surface area (Å²) in [5.41, 5.74) is 1.00. The summed E-state index contributed by atoms with van der Waals surface area (Å²) < 4.78 is 0. The number of carbonyl (C=O) groups excluding carboxylic acids is 1. The van der Waals surface area contributed by atoms with Crippen molar-refractivity contribution in [1.29, 1.82) is 0 Å². The molecule has 2 rings (SSSR count). The van der Waals surface area contributed by atoms with Crippen molar-refractivity contribution >= 4 is 23.5 Å². The highest BCUT2D eigenvalue weighted by molar-refractivity contribution is 6.30. The molecule has 1 heterocycles. The second kappa shape index (κ2) is 5.40. The summed E-state index contributed by atoms with van der Waals surface area (Å²) in [6.07, 6.45) is 0.623. The smallest absolute Gasteiger partial charge is 0.307 e. The number of nitrogens with zero attached hydrogens (tertiary/aromatic N) is 1. The van der Waals surface area contributed by atoms with Crippen molar-refractivity contribution in [3.05, 3.63) is 34.9 Å². The van der Waals surface area contributed by atoms with Gasteiger partial charge < -0.3 is 10.0 Å². The summed E-state index contributed by atoms with van der Waals surface area (Å²) in [7, 11) is 0. The van der Waals surface area contributed by atoms with E-state index in [0.717, 1.165) is 5.56 Å². The molecule has 1 aliphatic heterocycles. The molecule has 1 amide bonds. The Bertz CT molecular complexity index is 458. The Morgan fingerprint density at radius 3 is 2.61 bits per heavy atom. The van der Waals surface area contributed by atoms with E-state index in [2.05, 4.69) is 0 Å². The third-order valence-electron chi connectivity index (χ3n) is 3.16. The summed E-state index contributed by atoms with van der Waals surface area (Å²) in [4.78, 5) is 24.3. The second-order valence-corrected chi connectivity index (χ2v) is 4.91. The monoisotopic (exact) mass is 267 g/mol. The minimum Gasteiger partial charge on any atom is -0.481 e. The number of aliphatic carboxylic acids is 1. The van der Waals surface area contributed by atoms with Crippen LogP contribution in [0.4, 0.5) is 0 Å². The molecule has 0 spiro atoms. The quantitative estimate of drug-likeness (QED) is 0.913. The molecule has 4 nitrogen and oxygen atoms in total. The fourth-order valence-electron chi connectivity index (χ4n) is 2.07. The maximum Gasteiger partial charge on any atom is 0.307 e. The van der Waals surface area contributed by atoms with Gasteiger partial charge in [0.15, 0.2) is 0 Å². The molecule has 0 saturated carbocycles. The molecule has 1 aliphatic rings. The van der Waals surface area contributed by atoms with Crippen LogP contribution in [0.5, 0.6) is 0 Å². The fourth-order valence-corrected chi connectivity index (χ4v) is 2.19. The van der Waals surface area contributed by atoms with Crippen LogP contribution in [0.2, 0.25) is 5.02 Å². The molecule has 96 valence electrons. The van der Waals surface area contributed by atoms with E-state index in [1.54, 1.807) is 17.0 Å². The fraction of sp³-hybridized carbons (Fsp3) is 0.385. The van der Waals surface area contributed by atoms with Gasteiger partial charge in [-0.3, -0.25) is 9.59 Å². The Hall–Kier alpha value is -1.55. The zero-order chi connectivity index (χ0) is 13.1. The Kier molecular flexibility index (Phi) is 3.87. The Morgan fingerprint density at radius 2 is 2.06 bits per heavy atom. The van der Waals surface area contributed by atoms with Crippen molar-refractivity contribution in [1.82, 2.24) is 4.90 Å². The first-order valence-electron chi connectivity index (χ1n) is 5.81. The lowest BCUT2D eigenvalue weighted by molar-refractivity contribution is -0.149. The minimum absolute atomic E-state index is 0.0939. The highest BCUT2D eigenvalue weighted by Crippen LogP contribution is 2.21. The van der Waals surface area contributed by atoms with E-state index in [4.69, 9.17) is 16.7 Å². The number of halogens is 1. The molecule has 1 N–H and O–H groups in total. The van der Waals surface area contributed by atoms with Gasteiger partial charge in [0.1, 0.15) is 0 Å². The van der Waals surface area contributed by atoms with Gasteiger partial charge in [0, 0.05) is 24.5 Å². The van der Waals surface area contributed by atoms with Crippen LogP contribution in [0.15, 0.2) is 24.3 Å². The molecule has 0 bridgehead atoms. The lowest BCUT2D eigenvalue weighted by Gasteiger charge is -2.30. The average Bonchev–Trinajstić information content (AvgIpc) is 2.34. The SMILES string of the molecule is O=C(O)C1CCN(Cc2ccc(Cl)cc2)C(=O)C1. The first-order valence-corrected chi connectivity index (χ1v) is 6.19. The highest BCUT2D eigenvalue weighted by Gasteiger charge is 2.29. The maximum atomic E-state index is 11.8. The van der Waals surface area contributed by atoms with Crippen LogP contribution in [0, 0.1) is 5.92 Å². The number of rotatable bonds is 3. The molecule has 1 unspecified atom stereocenters. The predicted octanol–water partition coefficient (Wildman–Crippen LogP) is 2.16. The third-order valence-corrected chi connectivity index (χ3v) is 3.41. The summed E-state index contributed by atoms with van der Waals surface area (Å²) in [5.74, 6) is -1.50. The number of hydrogen-bond acceptors (Lipinski definition) is 2. The van der Waals surface area contributed by atoms with E-state index < -0.39 is 11.9 Å². The standard InChI is InChI=1S/C13H14ClNO3/c14-11-3-1-9(2-4-11)8-15-6-5-10(13(17)18)7-12(15)16/h1-4,10H,5-8H2,(H,17,18). The van der Waals surface area contributed by atoms with E-state index in [1.165, 1.54) is 0 Å². The third kappa shape index (κ3) is 3.01. The lowest BCUT2D eigenvalue weighted by atomic mass is 9.96. The van der Waals surface area contributed by atoms with E-state index >= 15 is 0 Å². The highest BCUT2D eigenvalue weighted by atomic mass is 35.5. The van der Waals surface area contributed by atoms with Crippen LogP contribution in [-0.4, -0.2) is 28.4 Å². The molecular weight excluding hydrogens is 254 g/mol. The molecule has 1 fully saturated rings. The molecule has 5 heteroatoms. The topological polar surface area (TPSA) is 57.6 Å². The van der Waals surface area contributed by atoms with Crippen molar-refractivity contribution in [3.8, 4) is 0 Å².